The van der Waals surface area contributed by atoms with Crippen LogP contribution in [0, 0.1) is 5.41 Å². The molecule has 1 fully saturated rings. The lowest BCUT2D eigenvalue weighted by molar-refractivity contribution is -0.119. The topological polar surface area (TPSA) is 175 Å². The standard InChI is InChI=1S/C24H34ClN4O8PS/c1-23(2,15-30)21(32)39-12-11-35-38(34,27-13-16-7-5-4-6-8-16)36-14-17-19(31)24(3,25)20(37-17)29-10-9-18(26)28-22(29)33/h4-10,17,19-20,30-31H,11-15H2,1-3H3,(H,27,34)(H2,26,28,33)/t17?,19-,20-,24-,38?/m1/s1. The average molecular weight is 605 g/mol. The molecule has 5 N–H and O–H groups in total. The number of aliphatic hydroxyl groups excluding tert-OH is 2. The quantitative estimate of drug-likeness (QED) is 0.149. The summed E-state index contributed by atoms with van der Waals surface area (Å²) in [6.07, 6.45) is -2.14. The molecule has 2 heterocycles. The molecule has 5 atom stereocenters. The number of hydrogen-bond acceptors (Lipinski definition) is 11. The van der Waals surface area contributed by atoms with E-state index in [9.17, 15) is 24.4 Å². The Bertz CT molecular complexity index is 1230. The number of rotatable bonds is 13. The molecule has 0 aliphatic carbocycles. The minimum absolute atomic E-state index is 0.0216. The van der Waals surface area contributed by atoms with Gasteiger partial charge in [0.05, 0.1) is 25.2 Å². The van der Waals surface area contributed by atoms with Gasteiger partial charge in [-0.15, -0.1) is 11.6 Å². The van der Waals surface area contributed by atoms with Crippen molar-refractivity contribution in [2.24, 2.45) is 5.41 Å². The number of carbonyl (C=O) groups excluding carboxylic acids is 1. The number of thioether (sulfide) groups is 1. The molecule has 0 amide bonds. The van der Waals surface area contributed by atoms with Crippen molar-refractivity contribution in [3.8, 4) is 0 Å². The van der Waals surface area contributed by atoms with Crippen LogP contribution in [0.3, 0.4) is 0 Å². The van der Waals surface area contributed by atoms with Crippen LogP contribution in [0.15, 0.2) is 47.4 Å². The SMILES string of the molecule is CC(C)(CO)C(=O)SCCOP(=O)(NCc1ccccc1)OCC1O[C@@H](n2ccc(N)nc2=O)[C@](C)(Cl)[C@@H]1O. The van der Waals surface area contributed by atoms with Crippen molar-refractivity contribution < 1.29 is 33.4 Å². The second-order valence-corrected chi connectivity index (χ2v) is 13.5. The molecule has 1 saturated heterocycles. The number of nitrogens with zero attached hydrogens (tertiary/aromatic N) is 2. The van der Waals surface area contributed by atoms with E-state index in [0.717, 1.165) is 21.9 Å². The Balaban J connectivity index is 1.68. The molecule has 1 aliphatic rings. The van der Waals surface area contributed by atoms with Crippen molar-refractivity contribution in [1.29, 1.82) is 0 Å². The Morgan fingerprint density at radius 2 is 2.03 bits per heavy atom. The number of carbonyl (C=O) groups is 1. The van der Waals surface area contributed by atoms with Crippen LogP contribution in [0.2, 0.25) is 0 Å². The molecule has 1 aromatic heterocycles. The van der Waals surface area contributed by atoms with E-state index in [1.54, 1.807) is 13.8 Å². The molecule has 0 radical (unpaired) electrons. The normalized spacial score (nSPS) is 24.9. The van der Waals surface area contributed by atoms with Gasteiger partial charge >= 0.3 is 13.4 Å². The van der Waals surface area contributed by atoms with E-state index in [2.05, 4.69) is 10.1 Å². The minimum atomic E-state index is -3.98. The van der Waals surface area contributed by atoms with Gasteiger partial charge in [0, 0.05) is 18.5 Å². The van der Waals surface area contributed by atoms with Gasteiger partial charge in [0.15, 0.2) is 11.3 Å². The van der Waals surface area contributed by atoms with Gasteiger partial charge in [-0.05, 0) is 32.4 Å². The van der Waals surface area contributed by atoms with Crippen LogP contribution in [0.25, 0.3) is 0 Å². The summed E-state index contributed by atoms with van der Waals surface area (Å²) >= 11 is 7.53. The Hall–Kier alpha value is -1.80. The Kier molecular flexibility index (Phi) is 10.8. The molecule has 2 unspecified atom stereocenters. The van der Waals surface area contributed by atoms with Gasteiger partial charge in [0.2, 0.25) is 0 Å². The summed E-state index contributed by atoms with van der Waals surface area (Å²) in [6.45, 7) is 4.10. The second-order valence-electron chi connectivity index (χ2n) is 9.79. The zero-order chi connectivity index (χ0) is 28.8. The van der Waals surface area contributed by atoms with Gasteiger partial charge in [-0.3, -0.25) is 18.4 Å². The van der Waals surface area contributed by atoms with E-state index >= 15 is 0 Å². The third-order valence-electron chi connectivity index (χ3n) is 6.08. The number of benzene rings is 1. The molecule has 12 nitrogen and oxygen atoms in total. The highest BCUT2D eigenvalue weighted by Gasteiger charge is 2.54. The van der Waals surface area contributed by atoms with E-state index < -0.39 is 42.2 Å². The lowest BCUT2D eigenvalue weighted by atomic mass is 9.97. The van der Waals surface area contributed by atoms with Gasteiger partial charge in [-0.2, -0.15) is 4.98 Å². The van der Waals surface area contributed by atoms with E-state index in [4.69, 9.17) is 31.1 Å². The number of aliphatic hydroxyl groups is 2. The lowest BCUT2D eigenvalue weighted by Gasteiger charge is -2.26. The van der Waals surface area contributed by atoms with Crippen LogP contribution in [0.5, 0.6) is 0 Å². The van der Waals surface area contributed by atoms with Gasteiger partial charge in [-0.1, -0.05) is 42.1 Å². The molecular formula is C24H34ClN4O8PS. The highest BCUT2D eigenvalue weighted by atomic mass is 35.5. The van der Waals surface area contributed by atoms with Crippen LogP contribution in [0.1, 0.15) is 32.6 Å². The van der Waals surface area contributed by atoms with E-state index in [0.29, 0.717) is 0 Å². The molecule has 0 bridgehead atoms. The fourth-order valence-corrected chi connectivity index (χ4v) is 6.13. The Morgan fingerprint density at radius 1 is 1.33 bits per heavy atom. The molecule has 1 aliphatic heterocycles. The maximum absolute atomic E-state index is 13.6. The number of alkyl halides is 1. The predicted octanol–water partition coefficient (Wildman–Crippen LogP) is 2.29. The number of nitrogens with one attached hydrogen (secondary N) is 1. The molecule has 3 rings (SSSR count). The summed E-state index contributed by atoms with van der Waals surface area (Å²) in [6, 6.07) is 10.6. The first kappa shape index (κ1) is 31.7. The number of nitrogen functional groups attached to an aromatic ring is 1. The van der Waals surface area contributed by atoms with Crippen LogP contribution in [0.4, 0.5) is 5.82 Å². The zero-order valence-corrected chi connectivity index (χ0v) is 24.3. The molecule has 39 heavy (non-hydrogen) atoms. The molecular weight excluding hydrogens is 571 g/mol. The average Bonchev–Trinajstić information content (AvgIpc) is 3.13. The lowest BCUT2D eigenvalue weighted by Crippen LogP contribution is -2.42. The minimum Gasteiger partial charge on any atom is -0.395 e. The first-order valence-electron chi connectivity index (χ1n) is 12.1. The number of nitrogens with two attached hydrogens (primary N) is 1. The van der Waals surface area contributed by atoms with Crippen molar-refractivity contribution in [2.45, 2.75) is 50.6 Å². The number of anilines is 1. The predicted molar refractivity (Wildman–Crippen MR) is 148 cm³/mol. The number of hydrogen-bond donors (Lipinski definition) is 4. The van der Waals surface area contributed by atoms with Crippen molar-refractivity contribution in [1.82, 2.24) is 14.6 Å². The van der Waals surface area contributed by atoms with Crippen molar-refractivity contribution >= 4 is 42.0 Å². The molecule has 0 spiro atoms. The van der Waals surface area contributed by atoms with Gasteiger partial charge in [-0.25, -0.2) is 14.4 Å². The summed E-state index contributed by atoms with van der Waals surface area (Å²) in [5.41, 5.74) is 4.75. The molecule has 1 aromatic carbocycles. The monoisotopic (exact) mass is 604 g/mol. The zero-order valence-electron chi connectivity index (χ0n) is 21.9. The fourth-order valence-electron chi connectivity index (χ4n) is 3.59. The first-order chi connectivity index (χ1) is 18.3. The summed E-state index contributed by atoms with van der Waals surface area (Å²) in [7, 11) is -3.98. The van der Waals surface area contributed by atoms with Crippen molar-refractivity contribution in [3.05, 3.63) is 58.6 Å². The Labute approximate surface area is 235 Å². The highest BCUT2D eigenvalue weighted by Crippen LogP contribution is 2.47. The summed E-state index contributed by atoms with van der Waals surface area (Å²) in [5.74, 6) is 0.188. The largest absolute Gasteiger partial charge is 0.405 e. The van der Waals surface area contributed by atoms with E-state index in [1.165, 1.54) is 19.2 Å². The van der Waals surface area contributed by atoms with Crippen LogP contribution < -0.4 is 16.5 Å². The third kappa shape index (κ3) is 8.12. The molecule has 216 valence electrons. The summed E-state index contributed by atoms with van der Waals surface area (Å²) in [5, 5.41) is 22.8. The van der Waals surface area contributed by atoms with E-state index in [1.807, 2.05) is 30.3 Å². The number of aromatic nitrogens is 2. The third-order valence-corrected chi connectivity index (χ3v) is 9.23. The first-order valence-corrected chi connectivity index (χ1v) is 15.0. The molecule has 15 heteroatoms. The van der Waals surface area contributed by atoms with Crippen LogP contribution in [-0.2, 0) is 29.7 Å². The van der Waals surface area contributed by atoms with Crippen LogP contribution in [-0.4, -0.2) is 67.5 Å². The van der Waals surface area contributed by atoms with Crippen molar-refractivity contribution in [2.75, 3.05) is 31.3 Å². The fraction of sp³-hybridized carbons (Fsp3) is 0.542. The highest BCUT2D eigenvalue weighted by molar-refractivity contribution is 8.13. The maximum Gasteiger partial charge on any atom is 0.405 e. The maximum atomic E-state index is 13.6. The Morgan fingerprint density at radius 3 is 2.67 bits per heavy atom. The van der Waals surface area contributed by atoms with Gasteiger partial charge in [0.1, 0.15) is 22.9 Å². The van der Waals surface area contributed by atoms with Gasteiger partial charge < -0.3 is 20.7 Å². The summed E-state index contributed by atoms with van der Waals surface area (Å²) in [4.78, 5) is 26.8. The van der Waals surface area contributed by atoms with Crippen LogP contribution >= 0.6 is 31.1 Å². The van der Waals surface area contributed by atoms with Gasteiger partial charge in [0.25, 0.3) is 0 Å². The molecule has 2 aromatic rings. The van der Waals surface area contributed by atoms with Crippen molar-refractivity contribution in [3.63, 3.8) is 0 Å². The number of halogens is 1. The smallest absolute Gasteiger partial charge is 0.395 e. The van der Waals surface area contributed by atoms with E-state index in [-0.39, 0.29) is 43.1 Å². The summed E-state index contributed by atoms with van der Waals surface area (Å²) < 4.78 is 31.8. The second kappa shape index (κ2) is 13.2. The molecule has 0 saturated carbocycles. The number of ether oxygens (including phenoxy) is 1.